The molecule has 2 unspecified atom stereocenters. The fraction of sp³-hybridized carbons (Fsp3) is 0.636. The van der Waals surface area contributed by atoms with Crippen molar-refractivity contribution >= 4 is 47.4 Å². The van der Waals surface area contributed by atoms with Gasteiger partial charge in [-0.3, -0.25) is 14.7 Å². The van der Waals surface area contributed by atoms with Gasteiger partial charge in [0.25, 0.3) is 0 Å². The monoisotopic (exact) mass is 563 g/mol. The van der Waals surface area contributed by atoms with Crippen LogP contribution in [0.4, 0.5) is 0 Å². The number of aliphatic imine (C=N–C) groups is 1. The molecule has 31 heavy (non-hydrogen) atoms. The number of benzene rings is 1. The molecule has 3 N–H and O–H groups in total. The van der Waals surface area contributed by atoms with Crippen LogP contribution in [0, 0.1) is 5.92 Å². The molecule has 0 aromatic heterocycles. The van der Waals surface area contributed by atoms with E-state index in [2.05, 4.69) is 28.1 Å². The van der Waals surface area contributed by atoms with Crippen LogP contribution >= 0.6 is 35.6 Å². The SMILES string of the molecule is CCNC(=NCC(c1cccc(Cl)c1)N1CCOCC1)N1CCCC(CC(N)=O)C1.I. The number of carbonyl (C=O) groups is 1. The second-order valence-electron chi connectivity index (χ2n) is 8.04. The van der Waals surface area contributed by atoms with Gasteiger partial charge in [0.2, 0.25) is 5.91 Å². The molecule has 7 nitrogen and oxygen atoms in total. The number of likely N-dealkylation sites (tertiary alicyclic amines) is 1. The third-order valence-electron chi connectivity index (χ3n) is 5.78. The Bertz CT molecular complexity index is 730. The lowest BCUT2D eigenvalue weighted by Gasteiger charge is -2.36. The van der Waals surface area contributed by atoms with E-state index in [1.54, 1.807) is 0 Å². The summed E-state index contributed by atoms with van der Waals surface area (Å²) in [6.07, 6.45) is 2.52. The van der Waals surface area contributed by atoms with Crippen LogP contribution in [0.25, 0.3) is 0 Å². The molecule has 9 heteroatoms. The van der Waals surface area contributed by atoms with E-state index in [1.807, 2.05) is 18.2 Å². The van der Waals surface area contributed by atoms with Gasteiger partial charge < -0.3 is 20.7 Å². The lowest BCUT2D eigenvalue weighted by molar-refractivity contribution is -0.119. The minimum absolute atomic E-state index is 0. The van der Waals surface area contributed by atoms with Crippen molar-refractivity contribution in [1.29, 1.82) is 0 Å². The van der Waals surface area contributed by atoms with Gasteiger partial charge in [0.1, 0.15) is 0 Å². The zero-order valence-corrected chi connectivity index (χ0v) is 21.4. The van der Waals surface area contributed by atoms with Crippen molar-refractivity contribution in [2.24, 2.45) is 16.6 Å². The first kappa shape index (κ1) is 26.2. The number of hydrogen-bond acceptors (Lipinski definition) is 4. The fourth-order valence-corrected chi connectivity index (χ4v) is 4.54. The summed E-state index contributed by atoms with van der Waals surface area (Å²) in [7, 11) is 0. The molecule has 2 fully saturated rings. The molecule has 1 amide bonds. The van der Waals surface area contributed by atoms with Gasteiger partial charge in [-0.15, -0.1) is 24.0 Å². The second-order valence-corrected chi connectivity index (χ2v) is 8.47. The largest absolute Gasteiger partial charge is 0.379 e. The van der Waals surface area contributed by atoms with Gasteiger partial charge >= 0.3 is 0 Å². The maximum atomic E-state index is 11.4. The first-order valence-corrected chi connectivity index (χ1v) is 11.3. The number of amides is 1. The van der Waals surface area contributed by atoms with Crippen molar-refractivity contribution in [3.8, 4) is 0 Å². The Labute approximate surface area is 207 Å². The lowest BCUT2D eigenvalue weighted by atomic mass is 9.95. The molecule has 174 valence electrons. The highest BCUT2D eigenvalue weighted by atomic mass is 127. The minimum Gasteiger partial charge on any atom is -0.379 e. The molecule has 0 radical (unpaired) electrons. The number of hydrogen-bond donors (Lipinski definition) is 2. The Morgan fingerprint density at radius 2 is 2.13 bits per heavy atom. The number of rotatable bonds is 7. The van der Waals surface area contributed by atoms with E-state index in [9.17, 15) is 4.79 Å². The quantitative estimate of drug-likeness (QED) is 0.303. The van der Waals surface area contributed by atoms with Crippen molar-refractivity contribution in [3.05, 3.63) is 34.9 Å². The number of piperidine rings is 1. The van der Waals surface area contributed by atoms with Crippen LogP contribution in [0.2, 0.25) is 5.02 Å². The second kappa shape index (κ2) is 13.4. The van der Waals surface area contributed by atoms with Crippen LogP contribution in [-0.4, -0.2) is 74.1 Å². The van der Waals surface area contributed by atoms with E-state index < -0.39 is 0 Å². The predicted octanol–water partition coefficient (Wildman–Crippen LogP) is 2.88. The molecular weight excluding hydrogens is 529 g/mol. The van der Waals surface area contributed by atoms with Crippen LogP contribution in [0.5, 0.6) is 0 Å². The average Bonchev–Trinajstić information content (AvgIpc) is 2.74. The summed E-state index contributed by atoms with van der Waals surface area (Å²) in [5.41, 5.74) is 6.61. The Morgan fingerprint density at radius 1 is 1.35 bits per heavy atom. The third-order valence-corrected chi connectivity index (χ3v) is 6.01. The zero-order valence-electron chi connectivity index (χ0n) is 18.3. The van der Waals surface area contributed by atoms with Crippen LogP contribution in [0.15, 0.2) is 29.3 Å². The molecule has 3 rings (SSSR count). The molecule has 2 saturated heterocycles. The van der Waals surface area contributed by atoms with Crippen LogP contribution in [0.1, 0.15) is 37.8 Å². The Hall–Kier alpha value is -1.10. The summed E-state index contributed by atoms with van der Waals surface area (Å²) in [6, 6.07) is 8.21. The highest BCUT2D eigenvalue weighted by Crippen LogP contribution is 2.25. The summed E-state index contributed by atoms with van der Waals surface area (Å²) < 4.78 is 5.55. The molecule has 1 aromatic carbocycles. The molecule has 0 spiro atoms. The normalized spacial score (nSPS) is 21.3. The summed E-state index contributed by atoms with van der Waals surface area (Å²) in [6.45, 7) is 8.52. The third kappa shape index (κ3) is 8.07. The van der Waals surface area contributed by atoms with E-state index in [1.165, 1.54) is 5.56 Å². The van der Waals surface area contributed by atoms with Crippen molar-refractivity contribution in [2.45, 2.75) is 32.2 Å². The number of guanidine groups is 1. The standard InChI is InChI=1S/C22H34ClN5O2.HI/c1-2-25-22(28-8-4-5-17(16-28)13-21(24)29)26-15-20(27-9-11-30-12-10-27)18-6-3-7-19(23)14-18;/h3,6-7,14,17,20H,2,4-5,8-13,15-16H2,1H3,(H2,24,29)(H,25,26);1H. The van der Waals surface area contributed by atoms with Gasteiger partial charge in [-0.25, -0.2) is 0 Å². The van der Waals surface area contributed by atoms with E-state index in [4.69, 9.17) is 27.1 Å². The lowest BCUT2D eigenvalue weighted by Crippen LogP contribution is -2.47. The van der Waals surface area contributed by atoms with Gasteiger partial charge in [-0.05, 0) is 43.4 Å². The Balaban J connectivity index is 0.00000341. The van der Waals surface area contributed by atoms with Crippen LogP contribution in [-0.2, 0) is 9.53 Å². The van der Waals surface area contributed by atoms with Gasteiger partial charge in [-0.2, -0.15) is 0 Å². The maximum Gasteiger partial charge on any atom is 0.217 e. The molecule has 1 aromatic rings. The number of nitrogens with zero attached hydrogens (tertiary/aromatic N) is 3. The number of halogens is 2. The highest BCUT2D eigenvalue weighted by molar-refractivity contribution is 14.0. The number of nitrogens with one attached hydrogen (secondary N) is 1. The summed E-state index contributed by atoms with van der Waals surface area (Å²) >= 11 is 6.28. The van der Waals surface area contributed by atoms with Crippen LogP contribution < -0.4 is 11.1 Å². The van der Waals surface area contributed by atoms with Crippen molar-refractivity contribution in [2.75, 3.05) is 52.5 Å². The molecule has 2 atom stereocenters. The average molecular weight is 564 g/mol. The van der Waals surface area contributed by atoms with Crippen molar-refractivity contribution in [3.63, 3.8) is 0 Å². The predicted molar refractivity (Wildman–Crippen MR) is 136 cm³/mol. The Morgan fingerprint density at radius 3 is 2.81 bits per heavy atom. The van der Waals surface area contributed by atoms with Gasteiger partial charge in [0.15, 0.2) is 5.96 Å². The molecule has 2 heterocycles. The summed E-state index contributed by atoms with van der Waals surface area (Å²) in [5, 5.41) is 4.18. The van der Waals surface area contributed by atoms with Crippen molar-refractivity contribution in [1.82, 2.24) is 15.1 Å². The molecule has 0 saturated carbocycles. The fourth-order valence-electron chi connectivity index (χ4n) is 4.34. The Kier molecular flexibility index (Phi) is 11.3. The number of primary amides is 1. The molecular formula is C22H35ClIN5O2. The highest BCUT2D eigenvalue weighted by Gasteiger charge is 2.26. The van der Waals surface area contributed by atoms with E-state index >= 15 is 0 Å². The molecule has 2 aliphatic rings. The number of morpholine rings is 1. The summed E-state index contributed by atoms with van der Waals surface area (Å²) in [4.78, 5) is 21.1. The first-order valence-electron chi connectivity index (χ1n) is 11.0. The molecule has 0 aliphatic carbocycles. The molecule has 0 bridgehead atoms. The van der Waals surface area contributed by atoms with Crippen molar-refractivity contribution < 1.29 is 9.53 Å². The first-order chi connectivity index (χ1) is 14.6. The summed E-state index contributed by atoms with van der Waals surface area (Å²) in [5.74, 6) is 0.979. The maximum absolute atomic E-state index is 11.4. The smallest absolute Gasteiger partial charge is 0.217 e. The zero-order chi connectivity index (χ0) is 21.3. The topological polar surface area (TPSA) is 83.2 Å². The van der Waals surface area contributed by atoms with E-state index in [-0.39, 0.29) is 35.9 Å². The molecule has 2 aliphatic heterocycles. The van der Waals surface area contributed by atoms with Gasteiger partial charge in [-0.1, -0.05) is 23.7 Å². The number of carbonyl (C=O) groups excluding carboxylic acids is 1. The van der Waals surface area contributed by atoms with Crippen LogP contribution in [0.3, 0.4) is 0 Å². The minimum atomic E-state index is -0.225. The van der Waals surface area contributed by atoms with Gasteiger partial charge in [0.05, 0.1) is 25.8 Å². The van der Waals surface area contributed by atoms with E-state index in [0.717, 1.165) is 69.8 Å². The number of ether oxygens (including phenoxy) is 1. The van der Waals surface area contributed by atoms with E-state index in [0.29, 0.717) is 18.9 Å². The van der Waals surface area contributed by atoms with Gasteiger partial charge in [0, 0.05) is 44.2 Å². The number of nitrogens with two attached hydrogens (primary N) is 1.